The quantitative estimate of drug-likeness (QED) is 0.593. The third-order valence-corrected chi connectivity index (χ3v) is 4.65. The maximum Gasteiger partial charge on any atom is 0.0644 e. The molecular weight excluding hydrogens is 236 g/mol. The van der Waals surface area contributed by atoms with E-state index in [9.17, 15) is 0 Å². The molecular formula is C16H30N2O. The van der Waals surface area contributed by atoms with Gasteiger partial charge in [0.1, 0.15) is 0 Å². The summed E-state index contributed by atoms with van der Waals surface area (Å²) in [4.78, 5) is 2.63. The summed E-state index contributed by atoms with van der Waals surface area (Å²) in [6, 6.07) is 0.436. The summed E-state index contributed by atoms with van der Waals surface area (Å²) in [5.41, 5.74) is 6.27. The van der Waals surface area contributed by atoms with Gasteiger partial charge in [0.2, 0.25) is 0 Å². The molecule has 1 saturated heterocycles. The molecule has 0 amide bonds. The molecule has 0 aromatic rings. The van der Waals surface area contributed by atoms with Crippen molar-refractivity contribution in [1.82, 2.24) is 4.90 Å². The van der Waals surface area contributed by atoms with E-state index in [1.54, 1.807) is 0 Å². The number of rotatable bonds is 6. The van der Waals surface area contributed by atoms with Crippen molar-refractivity contribution in [2.75, 3.05) is 32.8 Å². The molecule has 0 aromatic carbocycles. The lowest BCUT2D eigenvalue weighted by Crippen LogP contribution is -2.45. The van der Waals surface area contributed by atoms with Gasteiger partial charge in [-0.15, -0.1) is 6.58 Å². The van der Waals surface area contributed by atoms with Crippen LogP contribution in [0.15, 0.2) is 12.7 Å². The first-order valence-corrected chi connectivity index (χ1v) is 7.96. The number of hydrogen-bond donors (Lipinski definition) is 1. The fourth-order valence-corrected chi connectivity index (χ4v) is 3.57. The first-order chi connectivity index (χ1) is 9.29. The second-order valence-corrected chi connectivity index (χ2v) is 6.30. The third kappa shape index (κ3) is 4.90. The molecule has 1 aliphatic carbocycles. The standard InChI is InChI=1S/C16H30N2O/c1-2-10-19-13-14-6-5-9-18(11-14)12-15-7-3-4-8-16(15)17/h2,14-16H,1,3-13,17H2/t14?,15-,16?/m0/s1. The van der Waals surface area contributed by atoms with Gasteiger partial charge >= 0.3 is 0 Å². The minimum absolute atomic E-state index is 0.436. The van der Waals surface area contributed by atoms with E-state index in [0.29, 0.717) is 18.6 Å². The van der Waals surface area contributed by atoms with E-state index in [-0.39, 0.29) is 0 Å². The molecule has 2 fully saturated rings. The minimum atomic E-state index is 0.436. The Labute approximate surface area is 118 Å². The fraction of sp³-hybridized carbons (Fsp3) is 0.875. The van der Waals surface area contributed by atoms with E-state index in [1.165, 1.54) is 58.2 Å². The van der Waals surface area contributed by atoms with Crippen LogP contribution in [-0.4, -0.2) is 43.8 Å². The van der Waals surface area contributed by atoms with E-state index in [1.807, 2.05) is 6.08 Å². The Morgan fingerprint density at radius 2 is 2.05 bits per heavy atom. The molecule has 19 heavy (non-hydrogen) atoms. The van der Waals surface area contributed by atoms with E-state index in [4.69, 9.17) is 10.5 Å². The van der Waals surface area contributed by atoms with Crippen LogP contribution in [0.4, 0.5) is 0 Å². The summed E-state index contributed by atoms with van der Waals surface area (Å²) in [5.74, 6) is 1.43. The largest absolute Gasteiger partial charge is 0.377 e. The Kier molecular flexibility index (Phi) is 6.35. The van der Waals surface area contributed by atoms with E-state index in [0.717, 1.165) is 12.5 Å². The highest BCUT2D eigenvalue weighted by atomic mass is 16.5. The second kappa shape index (κ2) is 8.03. The Bertz CT molecular complexity index is 269. The molecule has 3 heteroatoms. The van der Waals surface area contributed by atoms with Crippen LogP contribution in [-0.2, 0) is 4.74 Å². The number of ether oxygens (including phenoxy) is 1. The van der Waals surface area contributed by atoms with Crippen LogP contribution in [0.1, 0.15) is 38.5 Å². The number of piperidine rings is 1. The van der Waals surface area contributed by atoms with Crippen molar-refractivity contribution in [3.63, 3.8) is 0 Å². The van der Waals surface area contributed by atoms with Gasteiger partial charge in [-0.3, -0.25) is 0 Å². The molecule has 1 heterocycles. The molecule has 3 atom stereocenters. The average Bonchev–Trinajstić information content (AvgIpc) is 2.42. The molecule has 0 spiro atoms. The SMILES string of the molecule is C=CCOCC1CCCN(C[C@@H]2CCCCC2N)C1. The van der Waals surface area contributed by atoms with Crippen LogP contribution in [0, 0.1) is 11.8 Å². The van der Waals surface area contributed by atoms with Crippen molar-refractivity contribution >= 4 is 0 Å². The predicted octanol–water partition coefficient (Wildman–Crippen LogP) is 2.42. The molecule has 2 rings (SSSR count). The van der Waals surface area contributed by atoms with Crippen molar-refractivity contribution in [2.45, 2.75) is 44.6 Å². The summed E-state index contributed by atoms with van der Waals surface area (Å²) in [5, 5.41) is 0. The predicted molar refractivity (Wildman–Crippen MR) is 80.1 cm³/mol. The van der Waals surface area contributed by atoms with Crippen LogP contribution in [0.3, 0.4) is 0 Å². The van der Waals surface area contributed by atoms with Crippen LogP contribution in [0.5, 0.6) is 0 Å². The highest BCUT2D eigenvalue weighted by molar-refractivity contribution is 4.83. The van der Waals surface area contributed by atoms with Gasteiger partial charge in [0, 0.05) is 19.1 Å². The number of hydrogen-bond acceptors (Lipinski definition) is 3. The van der Waals surface area contributed by atoms with Crippen LogP contribution >= 0.6 is 0 Å². The maximum atomic E-state index is 6.27. The zero-order valence-electron chi connectivity index (χ0n) is 12.2. The van der Waals surface area contributed by atoms with Gasteiger partial charge in [0.05, 0.1) is 13.2 Å². The first kappa shape index (κ1) is 15.0. The van der Waals surface area contributed by atoms with Crippen LogP contribution in [0.25, 0.3) is 0 Å². The monoisotopic (exact) mass is 266 g/mol. The maximum absolute atomic E-state index is 6.27. The molecule has 1 saturated carbocycles. The van der Waals surface area contributed by atoms with Gasteiger partial charge in [-0.25, -0.2) is 0 Å². The molecule has 2 unspecified atom stereocenters. The van der Waals surface area contributed by atoms with Gasteiger partial charge in [-0.2, -0.15) is 0 Å². The minimum Gasteiger partial charge on any atom is -0.377 e. The number of nitrogens with zero attached hydrogens (tertiary/aromatic N) is 1. The Balaban J connectivity index is 1.72. The topological polar surface area (TPSA) is 38.5 Å². The average molecular weight is 266 g/mol. The highest BCUT2D eigenvalue weighted by Gasteiger charge is 2.27. The van der Waals surface area contributed by atoms with E-state index >= 15 is 0 Å². The van der Waals surface area contributed by atoms with Gasteiger partial charge in [0.25, 0.3) is 0 Å². The molecule has 2 N–H and O–H groups in total. The number of nitrogens with two attached hydrogens (primary N) is 1. The summed E-state index contributed by atoms with van der Waals surface area (Å²) >= 11 is 0. The van der Waals surface area contributed by atoms with Crippen molar-refractivity contribution in [3.8, 4) is 0 Å². The summed E-state index contributed by atoms with van der Waals surface area (Å²) in [6.45, 7) is 8.92. The molecule has 2 aliphatic rings. The van der Waals surface area contributed by atoms with Crippen LogP contribution in [0.2, 0.25) is 0 Å². The zero-order valence-corrected chi connectivity index (χ0v) is 12.2. The molecule has 3 nitrogen and oxygen atoms in total. The smallest absolute Gasteiger partial charge is 0.0644 e. The lowest BCUT2D eigenvalue weighted by molar-refractivity contribution is 0.0633. The van der Waals surface area contributed by atoms with Gasteiger partial charge in [-0.05, 0) is 44.1 Å². The number of likely N-dealkylation sites (tertiary alicyclic amines) is 1. The highest BCUT2D eigenvalue weighted by Crippen LogP contribution is 2.26. The lowest BCUT2D eigenvalue weighted by atomic mass is 9.84. The van der Waals surface area contributed by atoms with E-state index in [2.05, 4.69) is 11.5 Å². The molecule has 0 bridgehead atoms. The summed E-state index contributed by atoms with van der Waals surface area (Å²) < 4.78 is 5.61. The van der Waals surface area contributed by atoms with Gasteiger partial charge < -0.3 is 15.4 Å². The third-order valence-electron chi connectivity index (χ3n) is 4.65. The molecule has 0 radical (unpaired) electrons. The van der Waals surface area contributed by atoms with Crippen molar-refractivity contribution in [1.29, 1.82) is 0 Å². The van der Waals surface area contributed by atoms with Crippen LogP contribution < -0.4 is 5.73 Å². The lowest BCUT2D eigenvalue weighted by Gasteiger charge is -2.38. The normalized spacial score (nSPS) is 33.2. The zero-order chi connectivity index (χ0) is 13.5. The Morgan fingerprint density at radius 1 is 1.21 bits per heavy atom. The first-order valence-electron chi connectivity index (χ1n) is 7.96. The van der Waals surface area contributed by atoms with Gasteiger partial charge in [0.15, 0.2) is 0 Å². The van der Waals surface area contributed by atoms with Crippen molar-refractivity contribution in [2.24, 2.45) is 17.6 Å². The Morgan fingerprint density at radius 3 is 2.84 bits per heavy atom. The van der Waals surface area contributed by atoms with E-state index < -0.39 is 0 Å². The molecule has 110 valence electrons. The fourth-order valence-electron chi connectivity index (χ4n) is 3.57. The van der Waals surface area contributed by atoms with Crippen molar-refractivity contribution < 1.29 is 4.74 Å². The summed E-state index contributed by atoms with van der Waals surface area (Å²) in [6.07, 6.45) is 9.71. The van der Waals surface area contributed by atoms with Gasteiger partial charge in [-0.1, -0.05) is 18.9 Å². The second-order valence-electron chi connectivity index (χ2n) is 6.30. The molecule has 1 aliphatic heterocycles. The summed E-state index contributed by atoms with van der Waals surface area (Å²) in [7, 11) is 0. The molecule has 0 aromatic heterocycles. The Hall–Kier alpha value is -0.380. The van der Waals surface area contributed by atoms with Crippen molar-refractivity contribution in [3.05, 3.63) is 12.7 Å².